The molecule has 0 spiro atoms. The van der Waals surface area contributed by atoms with E-state index in [0.29, 0.717) is 5.17 Å². The summed E-state index contributed by atoms with van der Waals surface area (Å²) in [5.41, 5.74) is 2.96. The van der Waals surface area contributed by atoms with Crippen LogP contribution in [0.25, 0.3) is 11.0 Å². The van der Waals surface area contributed by atoms with E-state index in [1.54, 1.807) is 0 Å². The molecule has 1 aliphatic rings. The van der Waals surface area contributed by atoms with Crippen LogP contribution in [-0.2, 0) is 12.8 Å². The molecule has 0 radical (unpaired) electrons. The maximum absolute atomic E-state index is 8.71. The van der Waals surface area contributed by atoms with Crippen molar-refractivity contribution in [2.75, 3.05) is 6.26 Å². The molecule has 1 aliphatic carbocycles. The molecule has 1 aromatic heterocycles. The van der Waals surface area contributed by atoms with Crippen LogP contribution < -0.4 is 5.32 Å². The molecule has 1 N–H and O–H groups in total. The van der Waals surface area contributed by atoms with Gasteiger partial charge in [-0.3, -0.25) is 5.32 Å². The van der Waals surface area contributed by atoms with Crippen molar-refractivity contribution in [1.82, 2.24) is 5.32 Å². The number of nitrogens with one attached hydrogen (secondary N) is 1. The smallest absolute Gasteiger partial charge is 0.183 e. The summed E-state index contributed by atoms with van der Waals surface area (Å²) in [7, 11) is 0. The molecule has 102 valence electrons. The lowest BCUT2D eigenvalue weighted by Gasteiger charge is -2.08. The number of para-hydroxylation sites is 1. The van der Waals surface area contributed by atoms with Crippen LogP contribution in [0, 0.1) is 11.5 Å². The largest absolute Gasteiger partial charge is 0.458 e. The third-order valence-corrected chi connectivity index (χ3v) is 4.12. The van der Waals surface area contributed by atoms with E-state index in [4.69, 9.17) is 9.68 Å². The lowest BCUT2D eigenvalue weighted by atomic mass is 9.96. The standard InChI is InChI=1S/C15H15N3OS/c1-20-15(17-9-16)18-12-7-4-6-11-10-5-2-3-8-13(10)19-14(11)12/h4,6-7H,2-3,5,8H2,1H3,(H,17,18). The molecule has 0 unspecified atom stereocenters. The van der Waals surface area contributed by atoms with Gasteiger partial charge < -0.3 is 4.42 Å². The molecular formula is C15H15N3OS. The van der Waals surface area contributed by atoms with Crippen LogP contribution in [0.3, 0.4) is 0 Å². The number of rotatable bonds is 1. The van der Waals surface area contributed by atoms with E-state index in [1.807, 2.05) is 24.6 Å². The van der Waals surface area contributed by atoms with Gasteiger partial charge in [0, 0.05) is 17.4 Å². The second kappa shape index (κ2) is 5.59. The van der Waals surface area contributed by atoms with Gasteiger partial charge in [-0.15, -0.1) is 0 Å². The minimum absolute atomic E-state index is 0.578. The van der Waals surface area contributed by atoms with Gasteiger partial charge in [0.1, 0.15) is 11.4 Å². The van der Waals surface area contributed by atoms with Gasteiger partial charge in [0.25, 0.3) is 0 Å². The zero-order valence-corrected chi connectivity index (χ0v) is 12.1. The predicted octanol–water partition coefficient (Wildman–Crippen LogP) is 3.73. The average molecular weight is 285 g/mol. The number of nitriles is 1. The van der Waals surface area contributed by atoms with Gasteiger partial charge in [0.2, 0.25) is 0 Å². The zero-order valence-electron chi connectivity index (χ0n) is 11.3. The van der Waals surface area contributed by atoms with Gasteiger partial charge in [0.05, 0.1) is 0 Å². The van der Waals surface area contributed by atoms with Gasteiger partial charge >= 0.3 is 0 Å². The highest BCUT2D eigenvalue weighted by Crippen LogP contribution is 2.36. The highest BCUT2D eigenvalue weighted by Gasteiger charge is 2.19. The second-order valence-electron chi connectivity index (χ2n) is 4.72. The van der Waals surface area contributed by atoms with Crippen molar-refractivity contribution >= 4 is 33.6 Å². The van der Waals surface area contributed by atoms with Crippen molar-refractivity contribution in [3.63, 3.8) is 0 Å². The normalized spacial score (nSPS) is 14.9. The highest BCUT2D eigenvalue weighted by atomic mass is 32.2. The fourth-order valence-corrected chi connectivity index (χ4v) is 2.98. The van der Waals surface area contributed by atoms with Crippen molar-refractivity contribution in [3.05, 3.63) is 29.5 Å². The van der Waals surface area contributed by atoms with Crippen LogP contribution in [0.1, 0.15) is 24.2 Å². The maximum atomic E-state index is 8.71. The molecule has 0 fully saturated rings. The third-order valence-electron chi connectivity index (χ3n) is 3.54. The van der Waals surface area contributed by atoms with Crippen molar-refractivity contribution in [2.45, 2.75) is 25.7 Å². The van der Waals surface area contributed by atoms with Crippen LogP contribution in [0.15, 0.2) is 27.6 Å². The molecule has 3 rings (SSSR count). The van der Waals surface area contributed by atoms with Gasteiger partial charge in [0.15, 0.2) is 16.9 Å². The molecule has 0 atom stereocenters. The lowest BCUT2D eigenvalue weighted by molar-refractivity contribution is 0.506. The first-order chi connectivity index (χ1) is 9.83. The number of aliphatic imine (C=N–C) groups is 1. The average Bonchev–Trinajstić information content (AvgIpc) is 2.86. The van der Waals surface area contributed by atoms with E-state index in [-0.39, 0.29) is 0 Å². The fourth-order valence-electron chi connectivity index (χ4n) is 2.64. The lowest BCUT2D eigenvalue weighted by Crippen LogP contribution is -2.12. The number of amidine groups is 1. The van der Waals surface area contributed by atoms with E-state index in [2.05, 4.69) is 16.4 Å². The number of fused-ring (bicyclic) bond motifs is 3. The second-order valence-corrected chi connectivity index (χ2v) is 5.52. The molecule has 5 heteroatoms. The van der Waals surface area contributed by atoms with E-state index >= 15 is 0 Å². The number of thioether (sulfide) groups is 1. The van der Waals surface area contributed by atoms with Crippen LogP contribution in [0.4, 0.5) is 5.69 Å². The first kappa shape index (κ1) is 13.1. The zero-order chi connectivity index (χ0) is 13.9. The number of benzene rings is 1. The van der Waals surface area contributed by atoms with Gasteiger partial charge in [-0.1, -0.05) is 23.9 Å². The topological polar surface area (TPSA) is 61.3 Å². The Morgan fingerprint density at radius 2 is 2.25 bits per heavy atom. The molecular weight excluding hydrogens is 270 g/mol. The van der Waals surface area contributed by atoms with Crippen molar-refractivity contribution in [2.24, 2.45) is 4.99 Å². The van der Waals surface area contributed by atoms with E-state index in [9.17, 15) is 0 Å². The molecule has 4 nitrogen and oxygen atoms in total. The van der Waals surface area contributed by atoms with Crippen LogP contribution in [0.2, 0.25) is 0 Å². The fraction of sp³-hybridized carbons (Fsp3) is 0.333. The van der Waals surface area contributed by atoms with Crippen LogP contribution in [-0.4, -0.2) is 11.4 Å². The van der Waals surface area contributed by atoms with Crippen molar-refractivity contribution in [3.8, 4) is 6.19 Å². The first-order valence-corrected chi connectivity index (χ1v) is 7.87. The summed E-state index contributed by atoms with van der Waals surface area (Å²) in [5, 5.41) is 13.0. The van der Waals surface area contributed by atoms with Gasteiger partial charge in [-0.25, -0.2) is 4.99 Å². The van der Waals surface area contributed by atoms with Crippen LogP contribution in [0.5, 0.6) is 0 Å². The summed E-state index contributed by atoms with van der Waals surface area (Å²) >= 11 is 1.41. The molecule has 0 aliphatic heterocycles. The summed E-state index contributed by atoms with van der Waals surface area (Å²) in [5.74, 6) is 1.10. The Hall–Kier alpha value is -1.93. The molecule has 20 heavy (non-hydrogen) atoms. The minimum Gasteiger partial charge on any atom is -0.458 e. The maximum Gasteiger partial charge on any atom is 0.183 e. The van der Waals surface area contributed by atoms with E-state index in [1.165, 1.54) is 35.6 Å². The molecule has 1 heterocycles. The molecule has 1 aromatic carbocycles. The number of aryl methyl sites for hydroxylation is 2. The highest BCUT2D eigenvalue weighted by molar-refractivity contribution is 8.13. The summed E-state index contributed by atoms with van der Waals surface area (Å²) in [6.45, 7) is 0. The SMILES string of the molecule is CSC(=Nc1cccc2c3c(oc12)CCCC3)NC#N. The van der Waals surface area contributed by atoms with Gasteiger partial charge in [-0.05, 0) is 31.6 Å². The van der Waals surface area contributed by atoms with Crippen molar-refractivity contribution < 1.29 is 4.42 Å². The number of nitrogens with zero attached hydrogens (tertiary/aromatic N) is 2. The Morgan fingerprint density at radius 1 is 1.40 bits per heavy atom. The quantitative estimate of drug-likeness (QED) is 0.375. The summed E-state index contributed by atoms with van der Waals surface area (Å²) in [6.07, 6.45) is 8.30. The molecule has 0 amide bonds. The number of hydrogen-bond acceptors (Lipinski definition) is 4. The Labute approximate surface area is 121 Å². The Bertz CT molecular complexity index is 712. The summed E-state index contributed by atoms with van der Waals surface area (Å²) in [4.78, 5) is 4.49. The minimum atomic E-state index is 0.578. The van der Waals surface area contributed by atoms with Crippen LogP contribution >= 0.6 is 11.8 Å². The monoisotopic (exact) mass is 285 g/mol. The molecule has 2 aromatic rings. The summed E-state index contributed by atoms with van der Waals surface area (Å²) in [6, 6.07) is 6.01. The Kier molecular flexibility index (Phi) is 3.66. The Morgan fingerprint density at radius 3 is 3.05 bits per heavy atom. The number of hydrogen-bond donors (Lipinski definition) is 1. The molecule has 0 bridgehead atoms. The van der Waals surface area contributed by atoms with E-state index < -0.39 is 0 Å². The molecule has 0 saturated carbocycles. The Balaban J connectivity index is 2.13. The molecule has 0 saturated heterocycles. The number of furan rings is 1. The van der Waals surface area contributed by atoms with E-state index in [0.717, 1.165) is 29.9 Å². The predicted molar refractivity (Wildman–Crippen MR) is 82.2 cm³/mol. The summed E-state index contributed by atoms with van der Waals surface area (Å²) < 4.78 is 6.02. The first-order valence-electron chi connectivity index (χ1n) is 6.64. The van der Waals surface area contributed by atoms with Gasteiger partial charge in [-0.2, -0.15) is 5.26 Å². The third kappa shape index (κ3) is 2.27. The van der Waals surface area contributed by atoms with Crippen molar-refractivity contribution in [1.29, 1.82) is 5.26 Å².